The number of carbonyl (C=O) groups excluding carboxylic acids is 1. The highest BCUT2D eigenvalue weighted by Crippen LogP contribution is 2.32. The Bertz CT molecular complexity index is 595. The topological polar surface area (TPSA) is 32.3 Å². The van der Waals surface area contributed by atoms with Crippen LogP contribution in [0, 0.1) is 0 Å². The number of nitrogens with zero attached hydrogens (tertiary/aromatic N) is 1. The lowest BCUT2D eigenvalue weighted by Crippen LogP contribution is -2.43. The van der Waals surface area contributed by atoms with Crippen LogP contribution in [0.4, 0.5) is 13.2 Å². The normalized spacial score (nSPS) is 16.7. The molecular formula is C16H18ClF3N2O. The van der Waals surface area contributed by atoms with E-state index in [9.17, 15) is 18.0 Å². The van der Waals surface area contributed by atoms with Gasteiger partial charge in [0.25, 0.3) is 0 Å². The Hall–Kier alpha value is -1.53. The summed E-state index contributed by atoms with van der Waals surface area (Å²) in [6.45, 7) is 1.71. The summed E-state index contributed by atoms with van der Waals surface area (Å²) in [4.78, 5) is 13.8. The quantitative estimate of drug-likeness (QED) is 0.848. The molecule has 0 bridgehead atoms. The van der Waals surface area contributed by atoms with Crippen molar-refractivity contribution in [3.05, 3.63) is 40.4 Å². The van der Waals surface area contributed by atoms with E-state index in [1.807, 2.05) is 0 Å². The second-order valence-corrected chi connectivity index (χ2v) is 5.90. The van der Waals surface area contributed by atoms with Crippen LogP contribution < -0.4 is 5.32 Å². The van der Waals surface area contributed by atoms with Crippen LogP contribution in [0.1, 0.15) is 24.0 Å². The van der Waals surface area contributed by atoms with Crippen LogP contribution in [0.15, 0.2) is 24.3 Å². The van der Waals surface area contributed by atoms with Crippen molar-refractivity contribution in [3.63, 3.8) is 0 Å². The van der Waals surface area contributed by atoms with E-state index in [4.69, 9.17) is 11.6 Å². The number of likely N-dealkylation sites (N-methyl/N-ethyl adjacent to an activating group) is 1. The Morgan fingerprint density at radius 3 is 2.61 bits per heavy atom. The number of halogens is 4. The number of nitrogens with one attached hydrogen (secondary N) is 1. The van der Waals surface area contributed by atoms with E-state index in [2.05, 4.69) is 5.32 Å². The van der Waals surface area contributed by atoms with Gasteiger partial charge in [0.1, 0.15) is 0 Å². The molecule has 1 heterocycles. The first-order valence-corrected chi connectivity index (χ1v) is 7.69. The zero-order valence-corrected chi connectivity index (χ0v) is 13.4. The maximum atomic E-state index is 12.7. The van der Waals surface area contributed by atoms with E-state index in [1.165, 1.54) is 18.2 Å². The summed E-state index contributed by atoms with van der Waals surface area (Å²) in [5.41, 5.74) is -0.616. The van der Waals surface area contributed by atoms with Crippen molar-refractivity contribution in [2.24, 2.45) is 0 Å². The van der Waals surface area contributed by atoms with Crippen LogP contribution in [-0.4, -0.2) is 37.0 Å². The van der Waals surface area contributed by atoms with Crippen molar-refractivity contribution in [1.82, 2.24) is 10.2 Å². The lowest BCUT2D eigenvalue weighted by molar-refractivity contribution is -0.137. The molecule has 3 nitrogen and oxygen atoms in total. The number of piperidine rings is 1. The van der Waals surface area contributed by atoms with Crippen molar-refractivity contribution in [2.45, 2.75) is 25.1 Å². The number of hydrogen-bond donors (Lipinski definition) is 1. The Labute approximate surface area is 138 Å². The molecule has 0 spiro atoms. The molecule has 1 aliphatic rings. The molecule has 1 aliphatic heterocycles. The fourth-order valence-corrected chi connectivity index (χ4v) is 2.68. The van der Waals surface area contributed by atoms with Gasteiger partial charge < -0.3 is 10.2 Å². The van der Waals surface area contributed by atoms with Gasteiger partial charge in [0.2, 0.25) is 5.91 Å². The fraction of sp³-hybridized carbons (Fsp3) is 0.438. The van der Waals surface area contributed by atoms with Gasteiger partial charge in [0, 0.05) is 24.2 Å². The third-order valence-electron chi connectivity index (χ3n) is 3.93. The predicted octanol–water partition coefficient (Wildman–Crippen LogP) is 3.58. The van der Waals surface area contributed by atoms with Gasteiger partial charge in [-0.25, -0.2) is 0 Å². The summed E-state index contributed by atoms with van der Waals surface area (Å²) in [5, 5.41) is 3.39. The second kappa shape index (κ2) is 7.36. The Kier molecular flexibility index (Phi) is 5.70. The summed E-state index contributed by atoms with van der Waals surface area (Å²) in [5.74, 6) is -0.245. The van der Waals surface area contributed by atoms with Gasteiger partial charge in [0.15, 0.2) is 0 Å². The molecule has 0 aliphatic carbocycles. The number of benzene rings is 1. The molecule has 126 valence electrons. The van der Waals surface area contributed by atoms with Crippen molar-refractivity contribution < 1.29 is 18.0 Å². The first-order valence-electron chi connectivity index (χ1n) is 7.31. The third-order valence-corrected chi connectivity index (χ3v) is 4.28. The minimum absolute atomic E-state index is 0.144. The van der Waals surface area contributed by atoms with E-state index < -0.39 is 11.7 Å². The average molecular weight is 347 g/mol. The van der Waals surface area contributed by atoms with Gasteiger partial charge in [-0.2, -0.15) is 13.2 Å². The van der Waals surface area contributed by atoms with Crippen LogP contribution >= 0.6 is 11.6 Å². The molecule has 1 aromatic rings. The van der Waals surface area contributed by atoms with Gasteiger partial charge in [-0.3, -0.25) is 4.79 Å². The summed E-state index contributed by atoms with van der Waals surface area (Å²) < 4.78 is 38.2. The number of alkyl halides is 3. The minimum Gasteiger partial charge on any atom is -0.339 e. The van der Waals surface area contributed by atoms with Gasteiger partial charge in [-0.15, -0.1) is 0 Å². The maximum absolute atomic E-state index is 12.7. The molecular weight excluding hydrogens is 329 g/mol. The standard InChI is InChI=1S/C16H18ClF3N2O/c1-22(13-6-8-21-9-7-13)15(23)5-2-11-10-12(16(18,19)20)3-4-14(11)17/h2-5,10,13,21H,6-9H2,1H3/b5-2+. The van der Waals surface area contributed by atoms with Gasteiger partial charge in [0.05, 0.1) is 5.56 Å². The SMILES string of the molecule is CN(C(=O)/C=C/c1cc(C(F)(F)F)ccc1Cl)C1CCNCC1. The molecule has 2 rings (SSSR count). The molecule has 7 heteroatoms. The third kappa shape index (κ3) is 4.72. The molecule has 0 radical (unpaired) electrons. The van der Waals surface area contributed by atoms with Crippen LogP contribution in [-0.2, 0) is 11.0 Å². The Balaban J connectivity index is 2.11. The van der Waals surface area contributed by atoms with E-state index in [0.717, 1.165) is 38.1 Å². The van der Waals surface area contributed by atoms with Crippen LogP contribution in [0.5, 0.6) is 0 Å². The van der Waals surface area contributed by atoms with E-state index in [0.29, 0.717) is 0 Å². The van der Waals surface area contributed by atoms with Crippen molar-refractivity contribution in [3.8, 4) is 0 Å². The Morgan fingerprint density at radius 1 is 1.35 bits per heavy atom. The average Bonchev–Trinajstić information content (AvgIpc) is 2.52. The first kappa shape index (κ1) is 17.8. The number of carbonyl (C=O) groups is 1. The highest BCUT2D eigenvalue weighted by atomic mass is 35.5. The molecule has 0 aromatic heterocycles. The zero-order chi connectivity index (χ0) is 17.0. The van der Waals surface area contributed by atoms with Crippen molar-refractivity contribution in [1.29, 1.82) is 0 Å². The molecule has 1 saturated heterocycles. The summed E-state index contributed by atoms with van der Waals surface area (Å²) in [6, 6.07) is 3.19. The smallest absolute Gasteiger partial charge is 0.339 e. The summed E-state index contributed by atoms with van der Waals surface area (Å²) in [7, 11) is 1.70. The maximum Gasteiger partial charge on any atom is 0.416 e. The molecule has 0 atom stereocenters. The highest BCUT2D eigenvalue weighted by molar-refractivity contribution is 6.32. The molecule has 0 saturated carbocycles. The monoisotopic (exact) mass is 346 g/mol. The number of rotatable bonds is 3. The largest absolute Gasteiger partial charge is 0.416 e. The number of hydrogen-bond acceptors (Lipinski definition) is 2. The Morgan fingerprint density at radius 2 is 2.00 bits per heavy atom. The molecule has 23 heavy (non-hydrogen) atoms. The van der Waals surface area contributed by atoms with Crippen molar-refractivity contribution >= 4 is 23.6 Å². The van der Waals surface area contributed by atoms with Gasteiger partial charge in [-0.05, 0) is 55.8 Å². The highest BCUT2D eigenvalue weighted by Gasteiger charge is 2.30. The first-order chi connectivity index (χ1) is 10.8. The summed E-state index contributed by atoms with van der Waals surface area (Å²) in [6.07, 6.45) is -0.120. The van der Waals surface area contributed by atoms with E-state index >= 15 is 0 Å². The van der Waals surface area contributed by atoms with E-state index in [-0.39, 0.29) is 22.5 Å². The lowest BCUT2D eigenvalue weighted by atomic mass is 10.1. The van der Waals surface area contributed by atoms with Crippen LogP contribution in [0.2, 0.25) is 5.02 Å². The molecule has 1 fully saturated rings. The summed E-state index contributed by atoms with van der Waals surface area (Å²) >= 11 is 5.91. The predicted molar refractivity (Wildman–Crippen MR) is 84.1 cm³/mol. The van der Waals surface area contributed by atoms with E-state index in [1.54, 1.807) is 11.9 Å². The fourth-order valence-electron chi connectivity index (χ4n) is 2.50. The number of amides is 1. The second-order valence-electron chi connectivity index (χ2n) is 5.50. The van der Waals surface area contributed by atoms with Gasteiger partial charge in [-0.1, -0.05) is 11.6 Å². The van der Waals surface area contributed by atoms with Crippen LogP contribution in [0.25, 0.3) is 6.08 Å². The molecule has 0 unspecified atom stereocenters. The van der Waals surface area contributed by atoms with Crippen LogP contribution in [0.3, 0.4) is 0 Å². The van der Waals surface area contributed by atoms with Crippen molar-refractivity contribution in [2.75, 3.05) is 20.1 Å². The molecule has 1 N–H and O–H groups in total. The lowest BCUT2D eigenvalue weighted by Gasteiger charge is -2.30. The van der Waals surface area contributed by atoms with Gasteiger partial charge >= 0.3 is 6.18 Å². The molecule has 1 aromatic carbocycles. The molecule has 1 amide bonds. The minimum atomic E-state index is -4.44. The zero-order valence-electron chi connectivity index (χ0n) is 12.7.